The van der Waals surface area contributed by atoms with Gasteiger partial charge in [0.25, 0.3) is 0 Å². The van der Waals surface area contributed by atoms with Crippen molar-refractivity contribution in [3.63, 3.8) is 0 Å². The molecule has 0 spiro atoms. The normalized spacial score (nSPS) is 36.1. The fraction of sp³-hybridized carbons (Fsp3) is 0.714. The summed E-state index contributed by atoms with van der Waals surface area (Å²) in [7, 11) is 4.27. The number of benzene rings is 1. The second-order valence-electron chi connectivity index (χ2n) is 10.9. The van der Waals surface area contributed by atoms with Crippen LogP contribution in [-0.2, 0) is 0 Å². The van der Waals surface area contributed by atoms with Crippen LogP contribution in [0.2, 0.25) is 0 Å². The first-order valence-corrected chi connectivity index (χ1v) is 12.1. The third-order valence-electron chi connectivity index (χ3n) is 9.03. The summed E-state index contributed by atoms with van der Waals surface area (Å²) in [5.74, 6) is 2.14. The summed E-state index contributed by atoms with van der Waals surface area (Å²) in [5, 5.41) is 0. The summed E-state index contributed by atoms with van der Waals surface area (Å²) < 4.78 is 0. The molecule has 0 N–H and O–H groups in total. The first-order valence-electron chi connectivity index (χ1n) is 12.1. The van der Waals surface area contributed by atoms with Gasteiger partial charge in [-0.1, -0.05) is 70.7 Å². The third-order valence-corrected chi connectivity index (χ3v) is 9.03. The van der Waals surface area contributed by atoms with Gasteiger partial charge in [0.2, 0.25) is 0 Å². The second kappa shape index (κ2) is 8.48. The Morgan fingerprint density at radius 3 is 2.28 bits per heavy atom. The highest BCUT2D eigenvalue weighted by Gasteiger charge is 2.59. The molecule has 1 aromatic rings. The van der Waals surface area contributed by atoms with Crippen LogP contribution in [0.5, 0.6) is 0 Å². The zero-order valence-corrected chi connectivity index (χ0v) is 20.4. The van der Waals surface area contributed by atoms with Gasteiger partial charge in [-0.05, 0) is 79.4 Å². The average Bonchev–Trinajstić information content (AvgIpc) is 2.93. The van der Waals surface area contributed by atoms with Gasteiger partial charge in [-0.15, -0.1) is 0 Å². The van der Waals surface area contributed by atoms with Gasteiger partial charge in [-0.3, -0.25) is 0 Å². The molecule has 0 amide bonds. The van der Waals surface area contributed by atoms with Crippen molar-refractivity contribution < 1.29 is 0 Å². The number of allylic oxidation sites excluding steroid dienone is 2. The van der Waals surface area contributed by atoms with E-state index < -0.39 is 0 Å². The van der Waals surface area contributed by atoms with Crippen molar-refractivity contribution in [2.24, 2.45) is 22.7 Å². The Morgan fingerprint density at radius 1 is 1.07 bits per heavy atom. The summed E-state index contributed by atoms with van der Waals surface area (Å²) in [4.78, 5) is 2.21. The van der Waals surface area contributed by atoms with Gasteiger partial charge in [0, 0.05) is 25.7 Å². The number of anilines is 1. The molecule has 5 atom stereocenters. The lowest BCUT2D eigenvalue weighted by molar-refractivity contribution is 0.00770. The monoisotopic (exact) mass is 395 g/mol. The lowest BCUT2D eigenvalue weighted by Crippen LogP contribution is -2.45. The van der Waals surface area contributed by atoms with Crippen molar-refractivity contribution in [1.82, 2.24) is 0 Å². The Balaban J connectivity index is 2.08. The lowest BCUT2D eigenvalue weighted by Gasteiger charge is -2.54. The summed E-state index contributed by atoms with van der Waals surface area (Å²) >= 11 is 0. The Bertz CT molecular complexity index is 727. The minimum Gasteiger partial charge on any atom is -0.378 e. The van der Waals surface area contributed by atoms with Crippen molar-refractivity contribution in [2.45, 2.75) is 92.4 Å². The Hall–Kier alpha value is -1.24. The molecule has 2 saturated carbocycles. The van der Waals surface area contributed by atoms with Gasteiger partial charge in [0.15, 0.2) is 0 Å². The summed E-state index contributed by atoms with van der Waals surface area (Å²) in [6, 6.07) is 9.48. The molecule has 0 unspecified atom stereocenters. The van der Waals surface area contributed by atoms with E-state index in [1.54, 1.807) is 16.7 Å². The van der Waals surface area contributed by atoms with Gasteiger partial charge in [-0.2, -0.15) is 0 Å². The van der Waals surface area contributed by atoms with Crippen LogP contribution in [0.3, 0.4) is 0 Å². The van der Waals surface area contributed by atoms with E-state index in [-0.39, 0.29) is 0 Å². The molecule has 2 aliphatic rings. The molecular formula is C28H45N. The predicted molar refractivity (Wildman–Crippen MR) is 129 cm³/mol. The lowest BCUT2D eigenvalue weighted by atomic mass is 9.51. The Labute approximate surface area is 181 Å². The molecule has 0 heterocycles. The number of rotatable bonds is 6. The quantitative estimate of drug-likeness (QED) is 0.438. The standard InChI is InChI=1S/C28H45N/c1-9-11-20(3)26-21(4)25-16-18-27(5,17-10-2)28(25,6)19-24(26)22-12-14-23(15-13-22)29(7)8/h12-15,21,24-25H,9-11,16-19H2,1-8H3/t21-,24+,25-,27-,28+/m0/s1. The van der Waals surface area contributed by atoms with Crippen LogP contribution in [0.4, 0.5) is 5.69 Å². The largest absolute Gasteiger partial charge is 0.378 e. The summed E-state index contributed by atoms with van der Waals surface area (Å²) in [6.07, 6.45) is 9.36. The van der Waals surface area contributed by atoms with E-state index in [9.17, 15) is 0 Å². The first kappa shape index (κ1) is 22.4. The maximum Gasteiger partial charge on any atom is 0.0361 e. The molecule has 0 bridgehead atoms. The van der Waals surface area contributed by atoms with Crippen molar-refractivity contribution in [3.05, 3.63) is 41.0 Å². The second-order valence-corrected chi connectivity index (χ2v) is 10.9. The minimum absolute atomic E-state index is 0.448. The smallest absolute Gasteiger partial charge is 0.0361 e. The molecule has 1 nitrogen and oxygen atoms in total. The van der Waals surface area contributed by atoms with Gasteiger partial charge < -0.3 is 4.90 Å². The number of hydrogen-bond donors (Lipinski definition) is 0. The van der Waals surface area contributed by atoms with Gasteiger partial charge in [0.05, 0.1) is 0 Å². The van der Waals surface area contributed by atoms with Crippen LogP contribution in [0.15, 0.2) is 35.4 Å². The van der Waals surface area contributed by atoms with Crippen LogP contribution in [0.1, 0.15) is 98.0 Å². The fourth-order valence-electron chi connectivity index (χ4n) is 7.26. The first-order chi connectivity index (χ1) is 13.7. The van der Waals surface area contributed by atoms with Gasteiger partial charge in [-0.25, -0.2) is 0 Å². The van der Waals surface area contributed by atoms with Gasteiger partial charge >= 0.3 is 0 Å². The molecule has 29 heavy (non-hydrogen) atoms. The maximum absolute atomic E-state index is 2.66. The fourth-order valence-corrected chi connectivity index (χ4v) is 7.26. The molecule has 2 aliphatic carbocycles. The van der Waals surface area contributed by atoms with Crippen LogP contribution in [-0.4, -0.2) is 14.1 Å². The van der Waals surface area contributed by atoms with Crippen LogP contribution in [0.25, 0.3) is 0 Å². The molecule has 0 radical (unpaired) electrons. The Morgan fingerprint density at radius 2 is 1.72 bits per heavy atom. The highest BCUT2D eigenvalue weighted by atomic mass is 15.1. The minimum atomic E-state index is 0.448. The average molecular weight is 396 g/mol. The molecule has 162 valence electrons. The highest BCUT2D eigenvalue weighted by Crippen LogP contribution is 2.68. The SMILES string of the molecule is CCCC(C)=C1[C@@H](C)[C@@H]2CC[C@](C)(CCC)[C@]2(C)C[C@@H]1c1ccc(N(C)C)cc1. The van der Waals surface area contributed by atoms with E-state index in [1.165, 1.54) is 50.6 Å². The van der Waals surface area contributed by atoms with Crippen molar-refractivity contribution in [1.29, 1.82) is 0 Å². The molecule has 0 aliphatic heterocycles. The van der Waals surface area contributed by atoms with Crippen molar-refractivity contribution in [2.75, 3.05) is 19.0 Å². The topological polar surface area (TPSA) is 3.24 Å². The number of fused-ring (bicyclic) bond motifs is 1. The molecule has 1 aromatic carbocycles. The van der Waals surface area contributed by atoms with E-state index >= 15 is 0 Å². The molecule has 0 aromatic heterocycles. The highest BCUT2D eigenvalue weighted by molar-refractivity contribution is 5.48. The van der Waals surface area contributed by atoms with Gasteiger partial charge in [0.1, 0.15) is 0 Å². The molecular weight excluding hydrogens is 350 g/mol. The maximum atomic E-state index is 2.66. The molecule has 1 heteroatoms. The van der Waals surface area contributed by atoms with E-state index in [0.717, 1.165) is 5.92 Å². The molecule has 3 rings (SSSR count). The zero-order valence-electron chi connectivity index (χ0n) is 20.4. The van der Waals surface area contributed by atoms with E-state index in [2.05, 4.69) is 84.8 Å². The third kappa shape index (κ3) is 3.79. The van der Waals surface area contributed by atoms with E-state index in [1.807, 2.05) is 0 Å². The van der Waals surface area contributed by atoms with Crippen LogP contribution < -0.4 is 4.90 Å². The summed E-state index contributed by atoms with van der Waals surface area (Å²) in [5.41, 5.74) is 7.24. The molecule has 2 fully saturated rings. The van der Waals surface area contributed by atoms with Crippen LogP contribution in [0, 0.1) is 22.7 Å². The van der Waals surface area contributed by atoms with E-state index in [0.29, 0.717) is 22.7 Å². The van der Waals surface area contributed by atoms with Crippen LogP contribution >= 0.6 is 0 Å². The van der Waals surface area contributed by atoms with Crippen molar-refractivity contribution in [3.8, 4) is 0 Å². The predicted octanol–water partition coefficient (Wildman–Crippen LogP) is 8.22. The summed E-state index contributed by atoms with van der Waals surface area (Å²) in [6.45, 7) is 15.0. The number of hydrogen-bond acceptors (Lipinski definition) is 1. The number of nitrogens with zero attached hydrogens (tertiary/aromatic N) is 1. The van der Waals surface area contributed by atoms with Crippen molar-refractivity contribution >= 4 is 5.69 Å². The van der Waals surface area contributed by atoms with E-state index in [4.69, 9.17) is 0 Å². The molecule has 0 saturated heterocycles. The Kier molecular flexibility index (Phi) is 6.56. The zero-order chi connectivity index (χ0) is 21.4.